The molecule has 3 rings (SSSR count). The molecule has 1 aromatic rings. The van der Waals surface area contributed by atoms with Gasteiger partial charge in [0.2, 0.25) is 0 Å². The lowest BCUT2D eigenvalue weighted by Gasteiger charge is -2.33. The molecule has 0 spiro atoms. The number of rotatable bonds is 5. The van der Waals surface area contributed by atoms with Gasteiger partial charge in [-0.1, -0.05) is 24.3 Å². The summed E-state index contributed by atoms with van der Waals surface area (Å²) in [4.78, 5) is 0. The van der Waals surface area contributed by atoms with E-state index in [2.05, 4.69) is 17.4 Å². The molecule has 21 heavy (non-hydrogen) atoms. The average Bonchev–Trinajstić information content (AvgIpc) is 2.84. The molecular formula is C17H25NO3. The van der Waals surface area contributed by atoms with Gasteiger partial charge in [0.25, 0.3) is 0 Å². The van der Waals surface area contributed by atoms with E-state index < -0.39 is 0 Å². The Morgan fingerprint density at radius 2 is 2.10 bits per heavy atom. The van der Waals surface area contributed by atoms with Gasteiger partial charge in [-0.3, -0.25) is 0 Å². The van der Waals surface area contributed by atoms with Gasteiger partial charge < -0.3 is 19.9 Å². The number of nitrogens with one attached hydrogen (secondary N) is 1. The molecule has 1 saturated heterocycles. The lowest BCUT2D eigenvalue weighted by Crippen LogP contribution is -2.46. The fourth-order valence-corrected chi connectivity index (χ4v) is 3.62. The first-order valence-electron chi connectivity index (χ1n) is 7.88. The van der Waals surface area contributed by atoms with Crippen LogP contribution in [0.25, 0.3) is 0 Å². The van der Waals surface area contributed by atoms with Crippen LogP contribution in [0.4, 0.5) is 0 Å². The number of aliphatic hydroxyl groups excluding tert-OH is 1. The lowest BCUT2D eigenvalue weighted by molar-refractivity contribution is 0.0283. The fraction of sp³-hybridized carbons (Fsp3) is 0.647. The molecule has 2 N–H and O–H groups in total. The van der Waals surface area contributed by atoms with Crippen LogP contribution in [0.2, 0.25) is 0 Å². The predicted octanol–water partition coefficient (Wildman–Crippen LogP) is 1.68. The Balaban J connectivity index is 1.73. The summed E-state index contributed by atoms with van der Waals surface area (Å²) in [6, 6.07) is 8.61. The number of hydrogen-bond acceptors (Lipinski definition) is 4. The highest BCUT2D eigenvalue weighted by molar-refractivity contribution is 5.36. The van der Waals surface area contributed by atoms with E-state index in [0.29, 0.717) is 12.5 Å². The van der Waals surface area contributed by atoms with E-state index in [1.165, 1.54) is 11.1 Å². The van der Waals surface area contributed by atoms with Crippen LogP contribution >= 0.6 is 0 Å². The van der Waals surface area contributed by atoms with Gasteiger partial charge >= 0.3 is 0 Å². The summed E-state index contributed by atoms with van der Waals surface area (Å²) in [5.41, 5.74) is 2.49. The van der Waals surface area contributed by atoms with Crippen LogP contribution in [0.15, 0.2) is 24.3 Å². The molecule has 1 aliphatic carbocycles. The number of ether oxygens (including phenoxy) is 2. The quantitative estimate of drug-likeness (QED) is 0.866. The molecular weight excluding hydrogens is 266 g/mol. The van der Waals surface area contributed by atoms with Crippen molar-refractivity contribution in [1.82, 2.24) is 5.32 Å². The Hall–Kier alpha value is -0.940. The number of methoxy groups -OCH3 is 1. The zero-order valence-corrected chi connectivity index (χ0v) is 12.6. The highest BCUT2D eigenvalue weighted by Gasteiger charge is 2.34. The minimum atomic E-state index is -0.346. The van der Waals surface area contributed by atoms with Crippen molar-refractivity contribution in [3.63, 3.8) is 0 Å². The number of hydrogen-bond donors (Lipinski definition) is 2. The summed E-state index contributed by atoms with van der Waals surface area (Å²) in [5.74, 6) is 0.554. The molecule has 0 saturated carbocycles. The van der Waals surface area contributed by atoms with Gasteiger partial charge in [0, 0.05) is 32.8 Å². The number of fused-ring (bicyclic) bond motifs is 1. The molecule has 1 aromatic carbocycles. The first-order chi connectivity index (χ1) is 10.3. The van der Waals surface area contributed by atoms with Gasteiger partial charge in [0.05, 0.1) is 18.8 Å². The van der Waals surface area contributed by atoms with Crippen molar-refractivity contribution in [3.8, 4) is 0 Å². The largest absolute Gasteiger partial charge is 0.391 e. The number of benzene rings is 1. The van der Waals surface area contributed by atoms with Crippen LogP contribution in [0.3, 0.4) is 0 Å². The standard InChI is InChI=1S/C17H25NO3/c1-20-11-15(12-6-8-21-9-7-12)18-17-14-5-3-2-4-13(14)10-16(17)19/h2-5,12,15-19H,6-11H2,1H3/t15?,16-,17+/m0/s1. The Morgan fingerprint density at radius 3 is 2.86 bits per heavy atom. The normalized spacial score (nSPS) is 27.5. The molecule has 116 valence electrons. The van der Waals surface area contributed by atoms with Crippen molar-refractivity contribution in [3.05, 3.63) is 35.4 Å². The van der Waals surface area contributed by atoms with Crippen molar-refractivity contribution >= 4 is 0 Å². The highest BCUT2D eigenvalue weighted by Crippen LogP contribution is 2.33. The molecule has 1 aliphatic heterocycles. The smallest absolute Gasteiger partial charge is 0.0775 e. The molecule has 1 unspecified atom stereocenters. The van der Waals surface area contributed by atoms with E-state index >= 15 is 0 Å². The van der Waals surface area contributed by atoms with Crippen LogP contribution in [-0.2, 0) is 15.9 Å². The maximum absolute atomic E-state index is 10.4. The van der Waals surface area contributed by atoms with Gasteiger partial charge in [-0.15, -0.1) is 0 Å². The van der Waals surface area contributed by atoms with Crippen LogP contribution in [0.5, 0.6) is 0 Å². The van der Waals surface area contributed by atoms with E-state index in [4.69, 9.17) is 9.47 Å². The summed E-state index contributed by atoms with van der Waals surface area (Å²) in [6.07, 6.45) is 2.51. The third kappa shape index (κ3) is 3.29. The second-order valence-corrected chi connectivity index (χ2v) is 6.13. The Bertz CT molecular complexity index is 459. The van der Waals surface area contributed by atoms with Gasteiger partial charge in [-0.05, 0) is 29.9 Å². The van der Waals surface area contributed by atoms with E-state index in [1.54, 1.807) is 7.11 Å². The summed E-state index contributed by atoms with van der Waals surface area (Å²) in [5, 5.41) is 14.1. The van der Waals surface area contributed by atoms with Gasteiger partial charge in [-0.25, -0.2) is 0 Å². The Morgan fingerprint density at radius 1 is 1.33 bits per heavy atom. The molecule has 2 aliphatic rings. The van der Waals surface area contributed by atoms with E-state index in [1.807, 2.05) is 12.1 Å². The molecule has 3 atom stereocenters. The lowest BCUT2D eigenvalue weighted by atomic mass is 9.91. The number of aliphatic hydroxyl groups is 1. The third-order valence-corrected chi connectivity index (χ3v) is 4.78. The average molecular weight is 291 g/mol. The van der Waals surface area contributed by atoms with Gasteiger partial charge in [-0.2, -0.15) is 0 Å². The maximum Gasteiger partial charge on any atom is 0.0775 e. The van der Waals surface area contributed by atoms with Crippen molar-refractivity contribution in [2.75, 3.05) is 26.9 Å². The van der Waals surface area contributed by atoms with Crippen molar-refractivity contribution in [2.24, 2.45) is 5.92 Å². The Kier molecular flexibility index (Phi) is 4.91. The summed E-state index contributed by atoms with van der Waals surface area (Å²) < 4.78 is 10.9. The first-order valence-corrected chi connectivity index (χ1v) is 7.88. The first kappa shape index (κ1) is 15.0. The van der Waals surface area contributed by atoms with E-state index in [0.717, 1.165) is 32.5 Å². The van der Waals surface area contributed by atoms with Crippen molar-refractivity contribution < 1.29 is 14.6 Å². The van der Waals surface area contributed by atoms with Crippen LogP contribution < -0.4 is 5.32 Å². The van der Waals surface area contributed by atoms with E-state index in [-0.39, 0.29) is 18.2 Å². The van der Waals surface area contributed by atoms with Gasteiger partial charge in [0.1, 0.15) is 0 Å². The molecule has 0 aromatic heterocycles. The van der Waals surface area contributed by atoms with Crippen LogP contribution in [0.1, 0.15) is 30.0 Å². The highest BCUT2D eigenvalue weighted by atomic mass is 16.5. The molecule has 0 amide bonds. The fourth-order valence-electron chi connectivity index (χ4n) is 3.62. The van der Waals surface area contributed by atoms with Crippen LogP contribution in [0, 0.1) is 5.92 Å². The topological polar surface area (TPSA) is 50.7 Å². The van der Waals surface area contributed by atoms with E-state index in [9.17, 15) is 5.11 Å². The minimum Gasteiger partial charge on any atom is -0.391 e. The summed E-state index contributed by atoms with van der Waals surface area (Å²) in [7, 11) is 1.74. The SMILES string of the molecule is COCC(N[C@@H]1c2ccccc2C[C@@H]1O)C1CCOCC1. The Labute approximate surface area is 126 Å². The van der Waals surface area contributed by atoms with Gasteiger partial charge in [0.15, 0.2) is 0 Å². The monoisotopic (exact) mass is 291 g/mol. The molecule has 4 nitrogen and oxygen atoms in total. The zero-order valence-electron chi connectivity index (χ0n) is 12.6. The van der Waals surface area contributed by atoms with Crippen molar-refractivity contribution in [1.29, 1.82) is 0 Å². The molecule has 1 heterocycles. The second kappa shape index (κ2) is 6.88. The predicted molar refractivity (Wildman–Crippen MR) is 81.2 cm³/mol. The van der Waals surface area contributed by atoms with Crippen LogP contribution in [-0.4, -0.2) is 44.2 Å². The summed E-state index contributed by atoms with van der Waals surface area (Å²) in [6.45, 7) is 2.34. The maximum atomic E-state index is 10.4. The second-order valence-electron chi connectivity index (χ2n) is 6.13. The summed E-state index contributed by atoms with van der Waals surface area (Å²) >= 11 is 0. The molecule has 1 fully saturated rings. The zero-order chi connectivity index (χ0) is 14.7. The minimum absolute atomic E-state index is 0.0178. The molecule has 4 heteroatoms. The molecule has 0 radical (unpaired) electrons. The third-order valence-electron chi connectivity index (χ3n) is 4.78. The van der Waals surface area contributed by atoms with Crippen molar-refractivity contribution in [2.45, 2.75) is 37.5 Å². The molecule has 0 bridgehead atoms.